The highest BCUT2D eigenvalue weighted by molar-refractivity contribution is 7.17. The van der Waals surface area contributed by atoms with Gasteiger partial charge in [0, 0.05) is 49.3 Å². The maximum atomic E-state index is 13.2. The molecule has 0 aliphatic carbocycles. The molecular formula is C24H25N5O3S. The second kappa shape index (κ2) is 9.91. The molecule has 0 spiro atoms. The van der Waals surface area contributed by atoms with E-state index in [0.717, 1.165) is 23.4 Å². The normalized spacial score (nSPS) is 15.7. The Morgan fingerprint density at radius 3 is 2.48 bits per heavy atom. The predicted molar refractivity (Wildman–Crippen MR) is 128 cm³/mol. The lowest BCUT2D eigenvalue weighted by molar-refractivity contribution is -0.121. The van der Waals surface area contributed by atoms with E-state index in [2.05, 4.69) is 20.6 Å². The number of anilines is 2. The first-order valence-electron chi connectivity index (χ1n) is 10.8. The number of hydrogen-bond acceptors (Lipinski definition) is 6. The Morgan fingerprint density at radius 2 is 1.82 bits per heavy atom. The van der Waals surface area contributed by atoms with Crippen LogP contribution in [0.5, 0.6) is 0 Å². The minimum atomic E-state index is -0.288. The Balaban J connectivity index is 1.41. The van der Waals surface area contributed by atoms with E-state index in [-0.39, 0.29) is 23.6 Å². The zero-order chi connectivity index (χ0) is 23.4. The van der Waals surface area contributed by atoms with Gasteiger partial charge >= 0.3 is 0 Å². The van der Waals surface area contributed by atoms with Crippen molar-refractivity contribution in [2.75, 3.05) is 23.7 Å². The third-order valence-electron chi connectivity index (χ3n) is 5.45. The molecule has 4 rings (SSSR count). The van der Waals surface area contributed by atoms with E-state index in [1.807, 2.05) is 19.1 Å². The summed E-state index contributed by atoms with van der Waals surface area (Å²) in [4.78, 5) is 48.3. The molecule has 3 aromatic rings. The van der Waals surface area contributed by atoms with Crippen LogP contribution in [-0.2, 0) is 9.59 Å². The van der Waals surface area contributed by atoms with Crippen LogP contribution in [0, 0.1) is 12.8 Å². The highest BCUT2D eigenvalue weighted by Crippen LogP contribution is 2.30. The molecule has 1 aromatic carbocycles. The quantitative estimate of drug-likeness (QED) is 0.596. The molecule has 0 bridgehead atoms. The summed E-state index contributed by atoms with van der Waals surface area (Å²) in [6.07, 6.45) is 4.92. The van der Waals surface area contributed by atoms with E-state index in [1.54, 1.807) is 41.6 Å². The zero-order valence-electron chi connectivity index (χ0n) is 18.5. The monoisotopic (exact) mass is 463 g/mol. The fourth-order valence-corrected chi connectivity index (χ4v) is 4.84. The van der Waals surface area contributed by atoms with Gasteiger partial charge in [-0.05, 0) is 56.2 Å². The van der Waals surface area contributed by atoms with Crippen LogP contribution in [0.4, 0.5) is 11.4 Å². The summed E-state index contributed by atoms with van der Waals surface area (Å²) in [5, 5.41) is 6.38. The first kappa shape index (κ1) is 22.6. The highest BCUT2D eigenvalue weighted by Gasteiger charge is 2.30. The molecule has 3 heterocycles. The van der Waals surface area contributed by atoms with Gasteiger partial charge < -0.3 is 15.5 Å². The molecule has 3 amide bonds. The topological polar surface area (TPSA) is 104 Å². The van der Waals surface area contributed by atoms with Gasteiger partial charge in [-0.25, -0.2) is 4.98 Å². The van der Waals surface area contributed by atoms with Crippen molar-refractivity contribution < 1.29 is 14.4 Å². The van der Waals surface area contributed by atoms with E-state index in [1.165, 1.54) is 18.3 Å². The first-order valence-corrected chi connectivity index (χ1v) is 11.6. The number of aryl methyl sites for hydroxylation is 1. The average Bonchev–Trinajstić information content (AvgIpc) is 3.21. The van der Waals surface area contributed by atoms with Gasteiger partial charge in [-0.15, -0.1) is 11.3 Å². The lowest BCUT2D eigenvalue weighted by atomic mass is 9.96. The number of nitrogens with zero attached hydrogens (tertiary/aromatic N) is 3. The van der Waals surface area contributed by atoms with Crippen molar-refractivity contribution in [3.63, 3.8) is 0 Å². The summed E-state index contributed by atoms with van der Waals surface area (Å²) in [6.45, 7) is 4.27. The Hall–Kier alpha value is -3.59. The number of likely N-dealkylation sites (tertiary alicyclic amines) is 1. The molecule has 170 valence electrons. The molecule has 1 aliphatic rings. The molecular weight excluding hydrogens is 438 g/mol. The molecule has 1 aliphatic heterocycles. The largest absolute Gasteiger partial charge is 0.337 e. The van der Waals surface area contributed by atoms with Crippen LogP contribution in [0.3, 0.4) is 0 Å². The number of nitrogens with one attached hydrogen (secondary N) is 2. The molecule has 1 unspecified atom stereocenters. The summed E-state index contributed by atoms with van der Waals surface area (Å²) in [6, 6.07) is 10.7. The summed E-state index contributed by atoms with van der Waals surface area (Å²) < 4.78 is 0. The standard InChI is InChI=1S/C24H25N5O3S/c1-15-21(33-23(26-15)17-5-3-11-25-13-17)24(32)29-12-4-6-18(14-29)22(31)28-20-9-7-19(8-10-20)27-16(2)30/h3,5,7-11,13,18H,4,6,12,14H2,1-2H3,(H,27,30)(H,28,31). The van der Waals surface area contributed by atoms with Gasteiger partial charge in [0.2, 0.25) is 11.8 Å². The molecule has 1 atom stereocenters. The zero-order valence-corrected chi connectivity index (χ0v) is 19.3. The molecule has 2 N–H and O–H groups in total. The number of carbonyl (C=O) groups excluding carboxylic acids is 3. The molecule has 33 heavy (non-hydrogen) atoms. The smallest absolute Gasteiger partial charge is 0.265 e. The number of thiazole rings is 1. The van der Waals surface area contributed by atoms with Crippen LogP contribution in [0.25, 0.3) is 10.6 Å². The van der Waals surface area contributed by atoms with Gasteiger partial charge in [0.1, 0.15) is 9.88 Å². The van der Waals surface area contributed by atoms with E-state index >= 15 is 0 Å². The minimum Gasteiger partial charge on any atom is -0.337 e. The fraction of sp³-hybridized carbons (Fsp3) is 0.292. The van der Waals surface area contributed by atoms with Crippen molar-refractivity contribution in [2.45, 2.75) is 26.7 Å². The maximum Gasteiger partial charge on any atom is 0.265 e. The Labute approximate surface area is 196 Å². The van der Waals surface area contributed by atoms with Crippen LogP contribution in [-0.4, -0.2) is 45.7 Å². The van der Waals surface area contributed by atoms with Crippen LogP contribution >= 0.6 is 11.3 Å². The van der Waals surface area contributed by atoms with E-state index in [0.29, 0.717) is 35.0 Å². The van der Waals surface area contributed by atoms with Crippen molar-refractivity contribution >= 4 is 40.4 Å². The number of hydrogen-bond donors (Lipinski definition) is 2. The van der Waals surface area contributed by atoms with Crippen molar-refractivity contribution in [3.8, 4) is 10.6 Å². The van der Waals surface area contributed by atoms with Crippen LogP contribution in [0.2, 0.25) is 0 Å². The van der Waals surface area contributed by atoms with Crippen LogP contribution in [0.1, 0.15) is 35.1 Å². The molecule has 0 radical (unpaired) electrons. The molecule has 1 fully saturated rings. The second-order valence-electron chi connectivity index (χ2n) is 8.01. The third-order valence-corrected chi connectivity index (χ3v) is 6.65. The lowest BCUT2D eigenvalue weighted by Gasteiger charge is -2.31. The number of rotatable bonds is 5. The molecule has 1 saturated heterocycles. The minimum absolute atomic E-state index is 0.0858. The molecule has 9 heteroatoms. The highest BCUT2D eigenvalue weighted by atomic mass is 32.1. The molecule has 2 aromatic heterocycles. The van der Waals surface area contributed by atoms with E-state index in [9.17, 15) is 14.4 Å². The van der Waals surface area contributed by atoms with E-state index in [4.69, 9.17) is 0 Å². The number of piperidine rings is 1. The van der Waals surface area contributed by atoms with Gasteiger partial charge in [0.15, 0.2) is 0 Å². The van der Waals surface area contributed by atoms with Gasteiger partial charge in [-0.1, -0.05) is 0 Å². The maximum absolute atomic E-state index is 13.2. The average molecular weight is 464 g/mol. The summed E-state index contributed by atoms with van der Waals surface area (Å²) >= 11 is 1.36. The number of amides is 3. The SMILES string of the molecule is CC(=O)Nc1ccc(NC(=O)C2CCCN(C(=O)c3sc(-c4cccnc4)nc3C)C2)cc1. The third kappa shape index (κ3) is 5.43. The second-order valence-corrected chi connectivity index (χ2v) is 9.01. The van der Waals surface area contributed by atoms with Gasteiger partial charge in [0.25, 0.3) is 5.91 Å². The molecule has 0 saturated carbocycles. The van der Waals surface area contributed by atoms with E-state index < -0.39 is 0 Å². The van der Waals surface area contributed by atoms with Crippen molar-refractivity contribution in [3.05, 3.63) is 59.4 Å². The van der Waals surface area contributed by atoms with Gasteiger partial charge in [-0.3, -0.25) is 19.4 Å². The van der Waals surface area contributed by atoms with Crippen molar-refractivity contribution in [1.29, 1.82) is 0 Å². The van der Waals surface area contributed by atoms with Crippen LogP contribution in [0.15, 0.2) is 48.8 Å². The molecule has 8 nitrogen and oxygen atoms in total. The number of aromatic nitrogens is 2. The van der Waals surface area contributed by atoms with Gasteiger partial charge in [0.05, 0.1) is 11.6 Å². The fourth-order valence-electron chi connectivity index (χ4n) is 3.81. The summed E-state index contributed by atoms with van der Waals surface area (Å²) in [5.74, 6) is -0.639. The number of pyridine rings is 1. The van der Waals surface area contributed by atoms with Crippen LogP contribution < -0.4 is 10.6 Å². The van der Waals surface area contributed by atoms with Crippen molar-refractivity contribution in [2.24, 2.45) is 5.92 Å². The first-order chi connectivity index (χ1) is 15.9. The lowest BCUT2D eigenvalue weighted by Crippen LogP contribution is -2.43. The summed E-state index contributed by atoms with van der Waals surface area (Å²) in [5.41, 5.74) is 2.89. The number of carbonyl (C=O) groups is 3. The Morgan fingerprint density at radius 1 is 1.09 bits per heavy atom. The number of benzene rings is 1. The van der Waals surface area contributed by atoms with Gasteiger partial charge in [-0.2, -0.15) is 0 Å². The predicted octanol–water partition coefficient (Wildman–Crippen LogP) is 3.96. The Kier molecular flexibility index (Phi) is 6.79. The Bertz CT molecular complexity index is 1160. The summed E-state index contributed by atoms with van der Waals surface area (Å²) in [7, 11) is 0. The van der Waals surface area contributed by atoms with Crippen molar-refractivity contribution in [1.82, 2.24) is 14.9 Å².